The molecule has 0 aromatic carbocycles. The summed E-state index contributed by atoms with van der Waals surface area (Å²) < 4.78 is 0. The van der Waals surface area contributed by atoms with Gasteiger partial charge in [0, 0.05) is 18.8 Å². The van der Waals surface area contributed by atoms with Gasteiger partial charge in [-0.3, -0.25) is 4.98 Å². The van der Waals surface area contributed by atoms with Gasteiger partial charge in [0.25, 0.3) is 0 Å². The Morgan fingerprint density at radius 1 is 1.29 bits per heavy atom. The first-order chi connectivity index (χ1) is 6.95. The molecule has 0 radical (unpaired) electrons. The van der Waals surface area contributed by atoms with E-state index in [1.165, 1.54) is 50.0 Å². The first-order valence-electron chi connectivity index (χ1n) is 5.66. The van der Waals surface area contributed by atoms with E-state index in [0.29, 0.717) is 0 Å². The van der Waals surface area contributed by atoms with Crippen molar-refractivity contribution in [1.29, 1.82) is 0 Å². The van der Waals surface area contributed by atoms with E-state index in [-0.39, 0.29) is 0 Å². The number of rotatable bonds is 1. The van der Waals surface area contributed by atoms with E-state index in [4.69, 9.17) is 0 Å². The molecule has 0 N–H and O–H groups in total. The van der Waals surface area contributed by atoms with Crippen LogP contribution in [0.3, 0.4) is 0 Å². The van der Waals surface area contributed by atoms with Gasteiger partial charge in [0.1, 0.15) is 0 Å². The van der Waals surface area contributed by atoms with Crippen LogP contribution in [0.25, 0.3) is 0 Å². The second-order valence-electron chi connectivity index (χ2n) is 4.35. The molecule has 0 saturated heterocycles. The maximum Gasteiger partial charge on any atom is 0.0637 e. The van der Waals surface area contributed by atoms with Crippen LogP contribution in [0, 0.1) is 0 Å². The van der Waals surface area contributed by atoms with Crippen molar-refractivity contribution < 1.29 is 0 Å². The van der Waals surface area contributed by atoms with Crippen LogP contribution in [0.1, 0.15) is 31.4 Å². The highest BCUT2D eigenvalue weighted by Crippen LogP contribution is 2.33. The minimum Gasteiger partial charge on any atom is -0.367 e. The average Bonchev–Trinajstić information content (AvgIpc) is 2.16. The van der Waals surface area contributed by atoms with E-state index in [1.807, 2.05) is 6.20 Å². The van der Waals surface area contributed by atoms with Gasteiger partial charge in [0.2, 0.25) is 0 Å². The van der Waals surface area contributed by atoms with Gasteiger partial charge in [-0.2, -0.15) is 0 Å². The second-order valence-corrected chi connectivity index (χ2v) is 4.35. The molecule has 14 heavy (non-hydrogen) atoms. The molecule has 1 aliphatic carbocycles. The molecule has 74 valence electrons. The molecule has 0 unspecified atom stereocenters. The molecule has 3 rings (SSSR count). The summed E-state index contributed by atoms with van der Waals surface area (Å²) in [5, 5.41) is 0. The van der Waals surface area contributed by atoms with E-state index in [2.05, 4.69) is 22.0 Å². The van der Waals surface area contributed by atoms with Crippen LogP contribution in [0.2, 0.25) is 0 Å². The summed E-state index contributed by atoms with van der Waals surface area (Å²) in [5.74, 6) is 0. The Hall–Kier alpha value is -1.05. The fraction of sp³-hybridized carbons (Fsp3) is 0.583. The Kier molecular flexibility index (Phi) is 1.93. The molecule has 0 atom stereocenters. The molecule has 0 amide bonds. The topological polar surface area (TPSA) is 16.1 Å². The zero-order valence-corrected chi connectivity index (χ0v) is 8.45. The van der Waals surface area contributed by atoms with Crippen molar-refractivity contribution in [1.82, 2.24) is 4.98 Å². The van der Waals surface area contributed by atoms with Gasteiger partial charge >= 0.3 is 0 Å². The van der Waals surface area contributed by atoms with Crippen molar-refractivity contribution in [2.75, 3.05) is 11.4 Å². The molecule has 1 aromatic heterocycles. The molecule has 2 heteroatoms. The van der Waals surface area contributed by atoms with E-state index in [9.17, 15) is 0 Å². The minimum atomic E-state index is 0.818. The third kappa shape index (κ3) is 1.21. The van der Waals surface area contributed by atoms with Crippen molar-refractivity contribution in [3.05, 3.63) is 24.0 Å². The average molecular weight is 188 g/mol. The van der Waals surface area contributed by atoms with E-state index >= 15 is 0 Å². The van der Waals surface area contributed by atoms with Crippen LogP contribution in [-0.2, 0) is 6.42 Å². The third-order valence-corrected chi connectivity index (χ3v) is 3.50. The Balaban J connectivity index is 1.93. The zero-order chi connectivity index (χ0) is 9.38. The lowest BCUT2D eigenvalue weighted by Gasteiger charge is -2.42. The summed E-state index contributed by atoms with van der Waals surface area (Å²) in [6, 6.07) is 5.12. The van der Waals surface area contributed by atoms with Crippen LogP contribution in [0.15, 0.2) is 18.3 Å². The van der Waals surface area contributed by atoms with Gasteiger partial charge in [0.05, 0.1) is 11.4 Å². The predicted molar refractivity (Wildman–Crippen MR) is 57.5 cm³/mol. The highest BCUT2D eigenvalue weighted by molar-refractivity contribution is 5.53. The summed E-state index contributed by atoms with van der Waals surface area (Å²) in [7, 11) is 0. The smallest absolute Gasteiger partial charge is 0.0637 e. The summed E-state index contributed by atoms with van der Waals surface area (Å²) in [6.45, 7) is 1.24. The number of aromatic nitrogens is 1. The van der Waals surface area contributed by atoms with Crippen molar-refractivity contribution in [2.45, 2.75) is 38.1 Å². The quantitative estimate of drug-likeness (QED) is 0.672. The number of hydrogen-bond acceptors (Lipinski definition) is 2. The standard InChI is InChI=1S/C12H16N2/c1-4-10(5-1)14-9-3-6-11-12(14)7-2-8-13-11/h2,7-8,10H,1,3-6,9H2. The molecule has 0 bridgehead atoms. The molecule has 1 aromatic rings. The molecule has 1 saturated carbocycles. The van der Waals surface area contributed by atoms with Gasteiger partial charge in [-0.15, -0.1) is 0 Å². The lowest BCUT2D eigenvalue weighted by atomic mass is 9.89. The van der Waals surface area contributed by atoms with Crippen LogP contribution >= 0.6 is 0 Å². The molecule has 2 heterocycles. The molecular weight excluding hydrogens is 172 g/mol. The molecule has 1 fully saturated rings. The fourth-order valence-corrected chi connectivity index (χ4v) is 2.50. The maximum atomic E-state index is 4.47. The van der Waals surface area contributed by atoms with Crippen LogP contribution < -0.4 is 4.90 Å². The van der Waals surface area contributed by atoms with Gasteiger partial charge in [-0.05, 0) is 44.2 Å². The third-order valence-electron chi connectivity index (χ3n) is 3.50. The lowest BCUT2D eigenvalue weighted by Crippen LogP contribution is -2.43. The van der Waals surface area contributed by atoms with E-state index < -0.39 is 0 Å². The van der Waals surface area contributed by atoms with Crippen molar-refractivity contribution in [2.24, 2.45) is 0 Å². The Labute approximate surface area is 85.0 Å². The number of anilines is 1. The van der Waals surface area contributed by atoms with Gasteiger partial charge in [-0.1, -0.05) is 0 Å². The first-order valence-corrected chi connectivity index (χ1v) is 5.66. The minimum absolute atomic E-state index is 0.818. The number of pyridine rings is 1. The molecule has 0 spiro atoms. The summed E-state index contributed by atoms with van der Waals surface area (Å²) >= 11 is 0. The molecule has 1 aliphatic heterocycles. The van der Waals surface area contributed by atoms with Gasteiger partial charge < -0.3 is 4.90 Å². The molecule has 2 nitrogen and oxygen atoms in total. The normalized spacial score (nSPS) is 21.6. The second kappa shape index (κ2) is 3.26. The zero-order valence-electron chi connectivity index (χ0n) is 8.45. The number of nitrogens with zero attached hydrogens (tertiary/aromatic N) is 2. The summed E-state index contributed by atoms with van der Waals surface area (Å²) in [5.41, 5.74) is 2.72. The van der Waals surface area contributed by atoms with E-state index in [1.54, 1.807) is 0 Å². The van der Waals surface area contributed by atoms with Crippen molar-refractivity contribution >= 4 is 5.69 Å². The predicted octanol–water partition coefficient (Wildman–Crippen LogP) is 2.39. The Morgan fingerprint density at radius 2 is 2.21 bits per heavy atom. The molecular formula is C12H16N2. The largest absolute Gasteiger partial charge is 0.367 e. The lowest BCUT2D eigenvalue weighted by molar-refractivity contribution is 0.378. The Morgan fingerprint density at radius 3 is 3.00 bits per heavy atom. The van der Waals surface area contributed by atoms with Crippen molar-refractivity contribution in [3.63, 3.8) is 0 Å². The highest BCUT2D eigenvalue weighted by Gasteiger charge is 2.28. The van der Waals surface area contributed by atoms with Gasteiger partial charge in [-0.25, -0.2) is 0 Å². The van der Waals surface area contributed by atoms with Crippen molar-refractivity contribution in [3.8, 4) is 0 Å². The molecule has 2 aliphatic rings. The van der Waals surface area contributed by atoms with Crippen LogP contribution in [-0.4, -0.2) is 17.6 Å². The summed E-state index contributed by atoms with van der Waals surface area (Å²) in [4.78, 5) is 7.05. The number of aryl methyl sites for hydroxylation is 1. The van der Waals surface area contributed by atoms with E-state index in [0.717, 1.165) is 6.04 Å². The maximum absolute atomic E-state index is 4.47. The number of fused-ring (bicyclic) bond motifs is 1. The highest BCUT2D eigenvalue weighted by atomic mass is 15.2. The fourth-order valence-electron chi connectivity index (χ4n) is 2.50. The first kappa shape index (κ1) is 8.27. The summed E-state index contributed by atoms with van der Waals surface area (Å²) in [6.07, 6.45) is 8.54. The van der Waals surface area contributed by atoms with Crippen LogP contribution in [0.4, 0.5) is 5.69 Å². The Bertz CT molecular complexity index is 331. The number of hydrogen-bond donors (Lipinski definition) is 0. The van der Waals surface area contributed by atoms with Crippen LogP contribution in [0.5, 0.6) is 0 Å². The van der Waals surface area contributed by atoms with Gasteiger partial charge in [0.15, 0.2) is 0 Å². The monoisotopic (exact) mass is 188 g/mol. The SMILES string of the molecule is c1cnc2c(c1)N(C1CCC1)CCC2.